The van der Waals surface area contributed by atoms with Crippen LogP contribution in [-0.4, -0.2) is 0 Å². The van der Waals surface area contributed by atoms with Crippen LogP contribution in [0.2, 0.25) is 0 Å². The molecule has 2 aromatic rings. The van der Waals surface area contributed by atoms with Crippen LogP contribution in [0.15, 0.2) is 49.0 Å². The lowest BCUT2D eigenvalue weighted by Gasteiger charge is -2.05. The van der Waals surface area contributed by atoms with Crippen molar-refractivity contribution in [2.75, 3.05) is 0 Å². The molecule has 0 saturated carbocycles. The lowest BCUT2D eigenvalue weighted by molar-refractivity contribution is 0.628. The first-order valence-corrected chi connectivity index (χ1v) is 5.19. The summed E-state index contributed by atoms with van der Waals surface area (Å²) in [5.41, 5.74) is 4.37. The normalized spacial score (nSPS) is 10.1. The van der Waals surface area contributed by atoms with E-state index in [1.165, 1.54) is 17.7 Å². The van der Waals surface area contributed by atoms with Gasteiger partial charge in [0.2, 0.25) is 0 Å². The Morgan fingerprint density at radius 1 is 1.00 bits per heavy atom. The molecule has 0 saturated heterocycles. The van der Waals surface area contributed by atoms with Crippen molar-refractivity contribution in [1.29, 1.82) is 0 Å². The van der Waals surface area contributed by atoms with E-state index < -0.39 is 0 Å². The maximum Gasteiger partial charge on any atom is 0.123 e. The fourth-order valence-electron chi connectivity index (χ4n) is 1.74. The Morgan fingerprint density at radius 2 is 1.69 bits per heavy atom. The van der Waals surface area contributed by atoms with Crippen LogP contribution >= 0.6 is 0 Å². The summed E-state index contributed by atoms with van der Waals surface area (Å²) in [5, 5.41) is 0. The van der Waals surface area contributed by atoms with Gasteiger partial charge in [0.25, 0.3) is 0 Å². The van der Waals surface area contributed by atoms with E-state index in [9.17, 15) is 4.39 Å². The molecular formula is C15H13F. The molecule has 0 aliphatic rings. The van der Waals surface area contributed by atoms with Gasteiger partial charge in [0.1, 0.15) is 5.82 Å². The van der Waals surface area contributed by atoms with E-state index in [0.717, 1.165) is 16.7 Å². The van der Waals surface area contributed by atoms with Crippen LogP contribution < -0.4 is 0 Å². The van der Waals surface area contributed by atoms with E-state index in [0.29, 0.717) is 0 Å². The highest BCUT2D eigenvalue weighted by Gasteiger charge is 2.00. The van der Waals surface area contributed by atoms with Crippen molar-refractivity contribution in [2.45, 2.75) is 6.92 Å². The SMILES string of the molecule is C=Cc1cc(C)cc(-c2ccc(F)cc2)c1. The Hall–Kier alpha value is -1.89. The Kier molecular flexibility index (Phi) is 2.86. The summed E-state index contributed by atoms with van der Waals surface area (Å²) in [6, 6.07) is 12.7. The molecule has 0 amide bonds. The second-order valence-corrected chi connectivity index (χ2v) is 3.84. The Bertz CT molecular complexity index is 509. The van der Waals surface area contributed by atoms with Crippen LogP contribution in [0.25, 0.3) is 17.2 Å². The first-order valence-electron chi connectivity index (χ1n) is 5.19. The molecule has 0 spiro atoms. The van der Waals surface area contributed by atoms with Crippen LogP contribution in [0.5, 0.6) is 0 Å². The van der Waals surface area contributed by atoms with Gasteiger partial charge >= 0.3 is 0 Å². The van der Waals surface area contributed by atoms with Crippen LogP contribution in [0.1, 0.15) is 11.1 Å². The van der Waals surface area contributed by atoms with Crippen molar-refractivity contribution < 1.29 is 4.39 Å². The number of rotatable bonds is 2. The van der Waals surface area contributed by atoms with Crippen molar-refractivity contribution >= 4 is 6.08 Å². The first kappa shape index (κ1) is 10.6. The van der Waals surface area contributed by atoms with Crippen molar-refractivity contribution in [1.82, 2.24) is 0 Å². The summed E-state index contributed by atoms with van der Waals surface area (Å²) in [7, 11) is 0. The molecule has 80 valence electrons. The van der Waals surface area contributed by atoms with Crippen LogP contribution in [0, 0.1) is 12.7 Å². The highest BCUT2D eigenvalue weighted by atomic mass is 19.1. The Labute approximate surface area is 95.1 Å². The highest BCUT2D eigenvalue weighted by molar-refractivity contribution is 5.68. The van der Waals surface area contributed by atoms with E-state index in [2.05, 4.69) is 18.7 Å². The lowest BCUT2D eigenvalue weighted by Crippen LogP contribution is -1.83. The lowest BCUT2D eigenvalue weighted by atomic mass is 10.0. The molecule has 0 nitrogen and oxygen atoms in total. The van der Waals surface area contributed by atoms with E-state index in [1.54, 1.807) is 12.1 Å². The van der Waals surface area contributed by atoms with Crippen molar-refractivity contribution in [3.8, 4) is 11.1 Å². The van der Waals surface area contributed by atoms with Crippen molar-refractivity contribution in [3.63, 3.8) is 0 Å². The highest BCUT2D eigenvalue weighted by Crippen LogP contribution is 2.23. The molecule has 16 heavy (non-hydrogen) atoms. The third-order valence-corrected chi connectivity index (χ3v) is 2.51. The minimum absolute atomic E-state index is 0.208. The number of aryl methyl sites for hydroxylation is 1. The van der Waals surface area contributed by atoms with Gasteiger partial charge in [-0.1, -0.05) is 36.9 Å². The van der Waals surface area contributed by atoms with Gasteiger partial charge in [-0.2, -0.15) is 0 Å². The van der Waals surface area contributed by atoms with Crippen molar-refractivity contribution in [2.24, 2.45) is 0 Å². The molecule has 0 aliphatic carbocycles. The monoisotopic (exact) mass is 212 g/mol. The van der Waals surface area contributed by atoms with Gasteiger partial charge in [-0.15, -0.1) is 0 Å². The third kappa shape index (κ3) is 2.19. The molecule has 0 bridgehead atoms. The molecule has 0 heterocycles. The van der Waals surface area contributed by atoms with E-state index >= 15 is 0 Å². The van der Waals surface area contributed by atoms with E-state index in [1.807, 2.05) is 19.1 Å². The van der Waals surface area contributed by atoms with Crippen LogP contribution in [0.4, 0.5) is 4.39 Å². The first-order chi connectivity index (χ1) is 7.69. The van der Waals surface area contributed by atoms with Crippen molar-refractivity contribution in [3.05, 3.63) is 66.0 Å². The molecule has 2 rings (SSSR count). The predicted octanol–water partition coefficient (Wildman–Crippen LogP) is 4.44. The summed E-state index contributed by atoms with van der Waals surface area (Å²) in [5.74, 6) is -0.208. The van der Waals surface area contributed by atoms with Gasteiger partial charge in [0.05, 0.1) is 0 Å². The molecule has 0 unspecified atom stereocenters. The van der Waals surface area contributed by atoms with Crippen LogP contribution in [0.3, 0.4) is 0 Å². The van der Waals surface area contributed by atoms with Gasteiger partial charge in [0, 0.05) is 0 Å². The van der Waals surface area contributed by atoms with Gasteiger partial charge in [-0.25, -0.2) is 4.39 Å². The maximum atomic E-state index is 12.8. The molecule has 0 radical (unpaired) electrons. The fraction of sp³-hybridized carbons (Fsp3) is 0.0667. The van der Waals surface area contributed by atoms with Gasteiger partial charge in [-0.05, 0) is 47.4 Å². The average Bonchev–Trinajstić information content (AvgIpc) is 2.29. The molecule has 0 aromatic heterocycles. The Balaban J connectivity index is 2.51. The van der Waals surface area contributed by atoms with Gasteiger partial charge < -0.3 is 0 Å². The number of benzene rings is 2. The van der Waals surface area contributed by atoms with Crippen LogP contribution in [-0.2, 0) is 0 Å². The smallest absolute Gasteiger partial charge is 0.123 e. The Morgan fingerprint density at radius 3 is 2.31 bits per heavy atom. The molecule has 0 N–H and O–H groups in total. The topological polar surface area (TPSA) is 0 Å². The summed E-state index contributed by atoms with van der Waals surface area (Å²) in [6.07, 6.45) is 1.82. The maximum absolute atomic E-state index is 12.8. The number of hydrogen-bond donors (Lipinski definition) is 0. The second kappa shape index (κ2) is 4.31. The fourth-order valence-corrected chi connectivity index (χ4v) is 1.74. The average molecular weight is 212 g/mol. The summed E-state index contributed by atoms with van der Waals surface area (Å²) in [4.78, 5) is 0. The van der Waals surface area contributed by atoms with E-state index in [4.69, 9.17) is 0 Å². The molecule has 0 fully saturated rings. The predicted molar refractivity (Wildman–Crippen MR) is 66.7 cm³/mol. The van der Waals surface area contributed by atoms with Gasteiger partial charge in [-0.3, -0.25) is 0 Å². The number of halogens is 1. The summed E-state index contributed by atoms with van der Waals surface area (Å²) in [6.45, 7) is 5.80. The molecular weight excluding hydrogens is 199 g/mol. The van der Waals surface area contributed by atoms with Gasteiger partial charge in [0.15, 0.2) is 0 Å². The standard InChI is InChI=1S/C15H13F/c1-3-12-8-11(2)9-14(10-12)13-4-6-15(16)7-5-13/h3-10H,1H2,2H3. The zero-order valence-corrected chi connectivity index (χ0v) is 9.20. The molecule has 0 aliphatic heterocycles. The molecule has 0 atom stereocenters. The molecule has 2 aromatic carbocycles. The minimum Gasteiger partial charge on any atom is -0.207 e. The largest absolute Gasteiger partial charge is 0.207 e. The third-order valence-electron chi connectivity index (χ3n) is 2.51. The minimum atomic E-state index is -0.208. The summed E-state index contributed by atoms with van der Waals surface area (Å²) < 4.78 is 12.8. The summed E-state index contributed by atoms with van der Waals surface area (Å²) >= 11 is 0. The zero-order valence-electron chi connectivity index (χ0n) is 9.20. The molecule has 1 heteroatoms. The van der Waals surface area contributed by atoms with E-state index in [-0.39, 0.29) is 5.82 Å². The quantitative estimate of drug-likeness (QED) is 0.690. The second-order valence-electron chi connectivity index (χ2n) is 3.84. The zero-order chi connectivity index (χ0) is 11.5. The number of hydrogen-bond acceptors (Lipinski definition) is 0.